The van der Waals surface area contributed by atoms with Gasteiger partial charge >= 0.3 is 11.1 Å². The number of ether oxygens (including phenoxy) is 1. The third kappa shape index (κ3) is 1.95. The molecule has 0 atom stereocenters. The molecule has 0 radical (unpaired) electrons. The first-order valence-corrected chi connectivity index (χ1v) is 5.66. The van der Waals surface area contributed by atoms with Crippen molar-refractivity contribution in [3.05, 3.63) is 32.1 Å². The molecule has 5 nitrogen and oxygen atoms in total. The van der Waals surface area contributed by atoms with Crippen LogP contribution in [0.4, 0.5) is 0 Å². The van der Waals surface area contributed by atoms with Crippen LogP contribution in [0.2, 0.25) is 0 Å². The highest BCUT2D eigenvalue weighted by molar-refractivity contribution is 5.14. The lowest BCUT2D eigenvalue weighted by Gasteiger charge is -2.20. The summed E-state index contributed by atoms with van der Waals surface area (Å²) in [6, 6.07) is 0. The van der Waals surface area contributed by atoms with E-state index in [1.165, 1.54) is 0 Å². The van der Waals surface area contributed by atoms with E-state index in [4.69, 9.17) is 4.74 Å². The van der Waals surface area contributed by atoms with E-state index < -0.39 is 11.1 Å². The summed E-state index contributed by atoms with van der Waals surface area (Å²) in [6.45, 7) is 3.71. The number of rotatable bonds is 3. The molecular weight excluding hydrogens is 208 g/mol. The first kappa shape index (κ1) is 11.1. The minimum Gasteiger partial charge on any atom is -0.375 e. The van der Waals surface area contributed by atoms with E-state index in [2.05, 4.69) is 11.9 Å². The summed E-state index contributed by atoms with van der Waals surface area (Å²) >= 11 is 0. The fourth-order valence-electron chi connectivity index (χ4n) is 1.97. The maximum atomic E-state index is 11.7. The Kier molecular flexibility index (Phi) is 3.24. The van der Waals surface area contributed by atoms with Crippen LogP contribution in [0, 0.1) is 0 Å². The van der Waals surface area contributed by atoms with E-state index in [0.29, 0.717) is 26.2 Å². The average Bonchev–Trinajstić information content (AvgIpc) is 2.30. The minimum atomic E-state index is -0.541. The molecule has 1 aromatic rings. The molecule has 0 spiro atoms. The highest BCUT2D eigenvalue weighted by atomic mass is 16.5. The number of fused-ring (bicyclic) bond motifs is 1. The first-order valence-electron chi connectivity index (χ1n) is 5.66. The van der Waals surface area contributed by atoms with Gasteiger partial charge in [-0.3, -0.25) is 9.59 Å². The smallest absolute Gasteiger partial charge is 0.316 e. The molecule has 16 heavy (non-hydrogen) atoms. The number of hydrogen-bond donors (Lipinski definition) is 1. The Labute approximate surface area is 93.1 Å². The van der Waals surface area contributed by atoms with Gasteiger partial charge < -0.3 is 14.3 Å². The Morgan fingerprint density at radius 2 is 2.25 bits per heavy atom. The van der Waals surface area contributed by atoms with Crippen LogP contribution in [0.5, 0.6) is 0 Å². The average molecular weight is 224 g/mol. The first-order chi connectivity index (χ1) is 7.74. The van der Waals surface area contributed by atoms with Gasteiger partial charge in [-0.2, -0.15) is 0 Å². The van der Waals surface area contributed by atoms with Crippen LogP contribution < -0.4 is 11.1 Å². The number of H-pyrrole nitrogens is 1. The zero-order valence-electron chi connectivity index (χ0n) is 9.41. The van der Waals surface area contributed by atoms with Gasteiger partial charge in [0.15, 0.2) is 0 Å². The quantitative estimate of drug-likeness (QED) is 0.756. The van der Waals surface area contributed by atoms with Gasteiger partial charge in [0.05, 0.1) is 18.9 Å². The van der Waals surface area contributed by atoms with Gasteiger partial charge in [-0.1, -0.05) is 13.3 Å². The van der Waals surface area contributed by atoms with Gasteiger partial charge in [0.2, 0.25) is 0 Å². The van der Waals surface area contributed by atoms with E-state index in [0.717, 1.165) is 24.2 Å². The summed E-state index contributed by atoms with van der Waals surface area (Å²) in [4.78, 5) is 25.8. The molecule has 1 aromatic heterocycles. The molecule has 1 N–H and O–H groups in total. The SMILES string of the molecule is CCCCn1c2c([nH]c(=O)c1=O)COCC2. The van der Waals surface area contributed by atoms with Crippen molar-refractivity contribution >= 4 is 0 Å². The third-order valence-electron chi connectivity index (χ3n) is 2.84. The fraction of sp³-hybridized carbons (Fsp3) is 0.636. The summed E-state index contributed by atoms with van der Waals surface area (Å²) in [5, 5.41) is 0. The van der Waals surface area contributed by atoms with Crippen LogP contribution in [0.1, 0.15) is 31.2 Å². The molecule has 0 saturated heterocycles. The largest absolute Gasteiger partial charge is 0.375 e. The molecule has 1 aliphatic heterocycles. The predicted octanol–water partition coefficient (Wildman–Crippen LogP) is 0.409. The van der Waals surface area contributed by atoms with Crippen LogP contribution in [0.15, 0.2) is 9.59 Å². The van der Waals surface area contributed by atoms with Gasteiger partial charge in [-0.05, 0) is 6.42 Å². The zero-order chi connectivity index (χ0) is 11.5. The maximum Gasteiger partial charge on any atom is 0.316 e. The van der Waals surface area contributed by atoms with E-state index >= 15 is 0 Å². The Bertz CT molecular complexity index is 487. The number of nitrogens with zero attached hydrogens (tertiary/aromatic N) is 1. The highest BCUT2D eigenvalue weighted by Crippen LogP contribution is 2.11. The van der Waals surface area contributed by atoms with Crippen molar-refractivity contribution in [1.82, 2.24) is 9.55 Å². The Morgan fingerprint density at radius 1 is 1.44 bits per heavy atom. The van der Waals surface area contributed by atoms with Crippen molar-refractivity contribution in [3.63, 3.8) is 0 Å². The fourth-order valence-corrected chi connectivity index (χ4v) is 1.97. The molecule has 0 aliphatic carbocycles. The maximum absolute atomic E-state index is 11.7. The molecule has 0 aromatic carbocycles. The van der Waals surface area contributed by atoms with Gasteiger partial charge in [0.25, 0.3) is 0 Å². The molecule has 5 heteroatoms. The molecule has 1 aliphatic rings. The predicted molar refractivity (Wildman–Crippen MR) is 59.6 cm³/mol. The van der Waals surface area contributed by atoms with Crippen LogP contribution in [-0.2, 0) is 24.3 Å². The normalized spacial score (nSPS) is 14.8. The zero-order valence-corrected chi connectivity index (χ0v) is 9.41. The van der Waals surface area contributed by atoms with Gasteiger partial charge in [-0.15, -0.1) is 0 Å². The van der Waals surface area contributed by atoms with Crippen molar-refractivity contribution < 1.29 is 4.74 Å². The molecule has 0 unspecified atom stereocenters. The van der Waals surface area contributed by atoms with Crippen molar-refractivity contribution in [1.29, 1.82) is 0 Å². The molecule has 0 amide bonds. The molecule has 88 valence electrons. The summed E-state index contributed by atoms with van der Waals surface area (Å²) in [5.74, 6) is 0. The summed E-state index contributed by atoms with van der Waals surface area (Å²) in [5.41, 5.74) is 0.714. The van der Waals surface area contributed by atoms with E-state index in [-0.39, 0.29) is 0 Å². The van der Waals surface area contributed by atoms with E-state index in [1.54, 1.807) is 4.57 Å². The number of unbranched alkanes of at least 4 members (excludes halogenated alkanes) is 1. The number of aromatic nitrogens is 2. The lowest BCUT2D eigenvalue weighted by Crippen LogP contribution is -2.41. The Balaban J connectivity index is 2.50. The molecule has 0 fully saturated rings. The van der Waals surface area contributed by atoms with Crippen molar-refractivity contribution in [2.75, 3.05) is 6.61 Å². The summed E-state index contributed by atoms with van der Waals surface area (Å²) in [7, 11) is 0. The summed E-state index contributed by atoms with van der Waals surface area (Å²) in [6.07, 6.45) is 2.62. The highest BCUT2D eigenvalue weighted by Gasteiger charge is 2.16. The topological polar surface area (TPSA) is 64.1 Å². The number of nitrogens with one attached hydrogen (secondary N) is 1. The second kappa shape index (κ2) is 4.65. The van der Waals surface area contributed by atoms with Crippen LogP contribution >= 0.6 is 0 Å². The van der Waals surface area contributed by atoms with Crippen molar-refractivity contribution in [2.24, 2.45) is 0 Å². The van der Waals surface area contributed by atoms with Gasteiger partial charge in [-0.25, -0.2) is 0 Å². The van der Waals surface area contributed by atoms with Crippen LogP contribution in [0.25, 0.3) is 0 Å². The monoisotopic (exact) mass is 224 g/mol. The second-order valence-corrected chi connectivity index (χ2v) is 3.99. The van der Waals surface area contributed by atoms with Crippen LogP contribution in [0.3, 0.4) is 0 Å². The Morgan fingerprint density at radius 3 is 3.00 bits per heavy atom. The van der Waals surface area contributed by atoms with Crippen molar-refractivity contribution in [2.45, 2.75) is 39.3 Å². The minimum absolute atomic E-state index is 0.400. The lowest BCUT2D eigenvalue weighted by molar-refractivity contribution is 0.103. The lowest BCUT2D eigenvalue weighted by atomic mass is 10.2. The third-order valence-corrected chi connectivity index (χ3v) is 2.84. The van der Waals surface area contributed by atoms with Crippen molar-refractivity contribution in [3.8, 4) is 0 Å². The molecule has 0 bridgehead atoms. The Hall–Kier alpha value is -1.36. The van der Waals surface area contributed by atoms with Gasteiger partial charge in [0, 0.05) is 18.7 Å². The molecule has 2 heterocycles. The number of aromatic amines is 1. The second-order valence-electron chi connectivity index (χ2n) is 3.99. The number of hydrogen-bond acceptors (Lipinski definition) is 3. The standard InChI is InChI=1S/C11H16N2O3/c1-2-3-5-13-9-4-6-16-7-8(9)12-10(14)11(13)15/h2-7H2,1H3,(H,12,14). The molecule has 0 saturated carbocycles. The van der Waals surface area contributed by atoms with Crippen LogP contribution in [-0.4, -0.2) is 16.2 Å². The summed E-state index contributed by atoms with van der Waals surface area (Å²) < 4.78 is 6.88. The van der Waals surface area contributed by atoms with E-state index in [1.807, 2.05) is 0 Å². The molecule has 2 rings (SSSR count). The van der Waals surface area contributed by atoms with Gasteiger partial charge in [0.1, 0.15) is 0 Å². The molecular formula is C11H16N2O3. The van der Waals surface area contributed by atoms with E-state index in [9.17, 15) is 9.59 Å².